The first-order chi connectivity index (χ1) is 11.6. The van der Waals surface area contributed by atoms with Crippen LogP contribution in [-0.4, -0.2) is 70.3 Å². The van der Waals surface area contributed by atoms with Crippen LogP contribution >= 0.6 is 0 Å². The molecule has 1 aromatic heterocycles. The van der Waals surface area contributed by atoms with E-state index >= 15 is 0 Å². The predicted octanol–water partition coefficient (Wildman–Crippen LogP) is 0.772. The molecule has 24 heavy (non-hydrogen) atoms. The minimum atomic E-state index is -0.195. The average Bonchev–Trinajstić information content (AvgIpc) is 2.82. The van der Waals surface area contributed by atoms with E-state index in [4.69, 9.17) is 0 Å². The fourth-order valence-electron chi connectivity index (χ4n) is 3.45. The molecule has 1 atom stereocenters. The van der Waals surface area contributed by atoms with Crippen molar-refractivity contribution < 1.29 is 9.59 Å². The van der Waals surface area contributed by atoms with Crippen molar-refractivity contribution in [1.29, 1.82) is 0 Å². The van der Waals surface area contributed by atoms with Crippen LogP contribution in [-0.2, 0) is 9.59 Å². The Morgan fingerprint density at radius 3 is 2.58 bits per heavy atom. The van der Waals surface area contributed by atoms with Gasteiger partial charge in [-0.2, -0.15) is 0 Å². The lowest BCUT2D eigenvalue weighted by Gasteiger charge is -2.25. The zero-order valence-electron chi connectivity index (χ0n) is 14.4. The van der Waals surface area contributed by atoms with Crippen LogP contribution in [0.25, 0.3) is 0 Å². The monoisotopic (exact) mass is 331 g/mol. The van der Waals surface area contributed by atoms with Gasteiger partial charge in [-0.25, -0.2) is 9.97 Å². The molecule has 2 amide bonds. The molecule has 2 fully saturated rings. The van der Waals surface area contributed by atoms with Crippen molar-refractivity contribution >= 4 is 17.8 Å². The minimum absolute atomic E-state index is 0.0949. The molecule has 0 aliphatic carbocycles. The Morgan fingerprint density at radius 1 is 1.17 bits per heavy atom. The molecule has 7 heteroatoms. The molecule has 0 saturated carbocycles. The molecule has 7 nitrogen and oxygen atoms in total. The normalized spacial score (nSPS) is 22.2. The first-order valence-electron chi connectivity index (χ1n) is 8.66. The molecule has 3 heterocycles. The molecule has 0 bridgehead atoms. The number of hydrogen-bond donors (Lipinski definition) is 0. The van der Waals surface area contributed by atoms with Crippen LogP contribution in [0.4, 0.5) is 5.95 Å². The molecular weight excluding hydrogens is 306 g/mol. The highest BCUT2D eigenvalue weighted by atomic mass is 16.2. The minimum Gasteiger partial charge on any atom is -0.341 e. The second-order valence-corrected chi connectivity index (χ2v) is 6.76. The quantitative estimate of drug-likeness (QED) is 0.818. The van der Waals surface area contributed by atoms with Crippen LogP contribution in [0.3, 0.4) is 0 Å². The van der Waals surface area contributed by atoms with Gasteiger partial charge >= 0.3 is 0 Å². The summed E-state index contributed by atoms with van der Waals surface area (Å²) >= 11 is 0. The van der Waals surface area contributed by atoms with Crippen molar-refractivity contribution in [1.82, 2.24) is 19.8 Å². The van der Waals surface area contributed by atoms with E-state index in [2.05, 4.69) is 14.9 Å². The summed E-state index contributed by atoms with van der Waals surface area (Å²) in [4.78, 5) is 39.3. The SMILES string of the molecule is CC(C)N1C[C@H](C(=O)N2CCCN(c3ncccn3)CC2)CC1=O. The number of likely N-dealkylation sites (tertiary alicyclic amines) is 1. The van der Waals surface area contributed by atoms with Crippen LogP contribution < -0.4 is 4.90 Å². The van der Waals surface area contributed by atoms with Gasteiger partial charge < -0.3 is 14.7 Å². The van der Waals surface area contributed by atoms with Crippen LogP contribution in [0.15, 0.2) is 18.5 Å². The summed E-state index contributed by atoms with van der Waals surface area (Å²) in [6, 6.07) is 1.96. The van der Waals surface area contributed by atoms with Gasteiger partial charge in [0.05, 0.1) is 5.92 Å². The summed E-state index contributed by atoms with van der Waals surface area (Å²) in [6.45, 7) is 7.50. The van der Waals surface area contributed by atoms with Crippen molar-refractivity contribution in [3.63, 3.8) is 0 Å². The third-order valence-corrected chi connectivity index (χ3v) is 4.77. The molecule has 3 rings (SSSR count). The Balaban J connectivity index is 1.60. The van der Waals surface area contributed by atoms with E-state index in [9.17, 15) is 9.59 Å². The number of anilines is 1. The molecule has 0 radical (unpaired) electrons. The Bertz CT molecular complexity index is 592. The van der Waals surface area contributed by atoms with Gasteiger partial charge in [0, 0.05) is 57.6 Å². The van der Waals surface area contributed by atoms with Crippen molar-refractivity contribution in [3.05, 3.63) is 18.5 Å². The Hall–Kier alpha value is -2.18. The lowest BCUT2D eigenvalue weighted by Crippen LogP contribution is -2.40. The van der Waals surface area contributed by atoms with Crippen LogP contribution in [0.5, 0.6) is 0 Å². The van der Waals surface area contributed by atoms with E-state index in [-0.39, 0.29) is 23.8 Å². The summed E-state index contributed by atoms with van der Waals surface area (Å²) < 4.78 is 0. The Labute approximate surface area is 142 Å². The summed E-state index contributed by atoms with van der Waals surface area (Å²) in [5.41, 5.74) is 0. The van der Waals surface area contributed by atoms with Gasteiger partial charge in [0.15, 0.2) is 0 Å². The van der Waals surface area contributed by atoms with E-state index in [0.717, 1.165) is 26.1 Å². The number of carbonyl (C=O) groups is 2. The molecular formula is C17H25N5O2. The van der Waals surface area contributed by atoms with Crippen molar-refractivity contribution in [2.24, 2.45) is 5.92 Å². The average molecular weight is 331 g/mol. The fourth-order valence-corrected chi connectivity index (χ4v) is 3.45. The smallest absolute Gasteiger partial charge is 0.228 e. The van der Waals surface area contributed by atoms with E-state index < -0.39 is 0 Å². The maximum atomic E-state index is 12.8. The standard InChI is InChI=1S/C17H25N5O2/c1-13(2)22-12-14(11-15(22)23)16(24)20-7-4-8-21(10-9-20)17-18-5-3-6-19-17/h3,5-6,13-14H,4,7-12H2,1-2H3/t14-/m1/s1. The molecule has 2 saturated heterocycles. The van der Waals surface area contributed by atoms with Crippen LogP contribution in [0.2, 0.25) is 0 Å². The zero-order chi connectivity index (χ0) is 17.1. The third-order valence-electron chi connectivity index (χ3n) is 4.77. The summed E-state index contributed by atoms with van der Waals surface area (Å²) in [7, 11) is 0. The molecule has 1 aromatic rings. The number of amides is 2. The Kier molecular flexibility index (Phi) is 4.97. The topological polar surface area (TPSA) is 69.6 Å². The maximum Gasteiger partial charge on any atom is 0.228 e. The number of hydrogen-bond acceptors (Lipinski definition) is 5. The molecule has 0 aromatic carbocycles. The van der Waals surface area contributed by atoms with Crippen molar-refractivity contribution in [3.8, 4) is 0 Å². The number of aromatic nitrogens is 2. The second kappa shape index (κ2) is 7.15. The van der Waals surface area contributed by atoms with Crippen molar-refractivity contribution in [2.75, 3.05) is 37.6 Å². The molecule has 130 valence electrons. The fraction of sp³-hybridized carbons (Fsp3) is 0.647. The van der Waals surface area contributed by atoms with Crippen LogP contribution in [0, 0.1) is 5.92 Å². The number of nitrogens with zero attached hydrogens (tertiary/aromatic N) is 5. The second-order valence-electron chi connectivity index (χ2n) is 6.76. The number of rotatable bonds is 3. The number of carbonyl (C=O) groups excluding carboxylic acids is 2. The molecule has 0 N–H and O–H groups in total. The third kappa shape index (κ3) is 3.49. The van der Waals surface area contributed by atoms with E-state index in [1.165, 1.54) is 0 Å². The van der Waals surface area contributed by atoms with Gasteiger partial charge in [0.25, 0.3) is 0 Å². The highest BCUT2D eigenvalue weighted by Gasteiger charge is 2.37. The summed E-state index contributed by atoms with van der Waals surface area (Å²) in [5, 5.41) is 0. The summed E-state index contributed by atoms with van der Waals surface area (Å²) in [5.74, 6) is 0.730. The first-order valence-corrected chi connectivity index (χ1v) is 8.66. The highest BCUT2D eigenvalue weighted by molar-refractivity contribution is 5.89. The molecule has 2 aliphatic heterocycles. The van der Waals surface area contributed by atoms with Gasteiger partial charge in [0.1, 0.15) is 0 Å². The lowest BCUT2D eigenvalue weighted by molar-refractivity contribution is -0.135. The van der Waals surface area contributed by atoms with Gasteiger partial charge in [-0.05, 0) is 26.3 Å². The predicted molar refractivity (Wildman–Crippen MR) is 90.4 cm³/mol. The van der Waals surface area contributed by atoms with Crippen LogP contribution in [0.1, 0.15) is 26.7 Å². The van der Waals surface area contributed by atoms with Gasteiger partial charge in [0.2, 0.25) is 17.8 Å². The molecule has 0 unspecified atom stereocenters. The maximum absolute atomic E-state index is 12.8. The molecule has 2 aliphatic rings. The largest absolute Gasteiger partial charge is 0.341 e. The zero-order valence-corrected chi connectivity index (χ0v) is 14.4. The van der Waals surface area contributed by atoms with E-state index in [0.29, 0.717) is 25.5 Å². The summed E-state index contributed by atoms with van der Waals surface area (Å²) in [6.07, 6.45) is 4.71. The van der Waals surface area contributed by atoms with Gasteiger partial charge in [-0.1, -0.05) is 0 Å². The first kappa shape index (κ1) is 16.7. The van der Waals surface area contributed by atoms with E-state index in [1.54, 1.807) is 18.5 Å². The highest BCUT2D eigenvalue weighted by Crippen LogP contribution is 2.23. The van der Waals surface area contributed by atoms with Gasteiger partial charge in [-0.15, -0.1) is 0 Å². The van der Waals surface area contributed by atoms with E-state index in [1.807, 2.05) is 23.6 Å². The molecule has 0 spiro atoms. The van der Waals surface area contributed by atoms with Crippen molar-refractivity contribution in [2.45, 2.75) is 32.7 Å². The Morgan fingerprint density at radius 2 is 1.92 bits per heavy atom. The lowest BCUT2D eigenvalue weighted by atomic mass is 10.1. The van der Waals surface area contributed by atoms with Gasteiger partial charge in [-0.3, -0.25) is 9.59 Å².